The molecule has 2 heterocycles. The fourth-order valence-corrected chi connectivity index (χ4v) is 4.30. The van der Waals surface area contributed by atoms with E-state index < -0.39 is 11.5 Å². The number of ketones is 1. The summed E-state index contributed by atoms with van der Waals surface area (Å²) in [5.41, 5.74) is -0.606. The predicted molar refractivity (Wildman–Crippen MR) is 103 cm³/mol. The molecule has 25 heavy (non-hydrogen) atoms. The lowest BCUT2D eigenvalue weighted by Gasteiger charge is -2.22. The van der Waals surface area contributed by atoms with Gasteiger partial charge in [-0.15, -0.1) is 11.3 Å². The van der Waals surface area contributed by atoms with Gasteiger partial charge in [0.2, 0.25) is 0 Å². The average molecular weight is 422 g/mol. The molecule has 0 radical (unpaired) electrons. The monoisotopic (exact) mass is 421 g/mol. The number of carbonyl (C=O) groups excluding carboxylic acids is 2. The molecule has 0 saturated heterocycles. The zero-order valence-corrected chi connectivity index (χ0v) is 16.6. The zero-order chi connectivity index (χ0) is 18.2. The number of unbranched alkanes of at least 4 members (excludes halogenated alkanes) is 1. The Labute approximate surface area is 159 Å². The van der Waals surface area contributed by atoms with E-state index in [1.54, 1.807) is 17.0 Å². The molecule has 0 aliphatic carbocycles. The third-order valence-electron chi connectivity index (χ3n) is 4.46. The van der Waals surface area contributed by atoms with Crippen molar-refractivity contribution in [2.24, 2.45) is 0 Å². The number of aliphatic hydroxyl groups is 1. The molecule has 1 aromatic carbocycles. The van der Waals surface area contributed by atoms with Gasteiger partial charge in [0.25, 0.3) is 5.91 Å². The molecule has 0 fully saturated rings. The Kier molecular flexibility index (Phi) is 5.14. The second-order valence-electron chi connectivity index (χ2n) is 6.34. The van der Waals surface area contributed by atoms with Crippen LogP contribution in [0.25, 0.3) is 0 Å². The molecule has 1 atom stereocenters. The fourth-order valence-electron chi connectivity index (χ4n) is 3.14. The number of nitrogens with zero attached hydrogens (tertiary/aromatic N) is 1. The molecule has 1 aromatic heterocycles. The summed E-state index contributed by atoms with van der Waals surface area (Å²) >= 11 is 4.78. The summed E-state index contributed by atoms with van der Waals surface area (Å²) in [6.45, 7) is 4.52. The van der Waals surface area contributed by atoms with Gasteiger partial charge in [-0.1, -0.05) is 29.3 Å². The highest BCUT2D eigenvalue weighted by Gasteiger charge is 2.50. The second kappa shape index (κ2) is 7.02. The van der Waals surface area contributed by atoms with Gasteiger partial charge in [-0.25, -0.2) is 0 Å². The van der Waals surface area contributed by atoms with Gasteiger partial charge in [0.15, 0.2) is 11.4 Å². The van der Waals surface area contributed by atoms with Gasteiger partial charge in [0.05, 0.1) is 17.0 Å². The quantitative estimate of drug-likeness (QED) is 0.701. The molecule has 1 unspecified atom stereocenters. The first-order valence-electron chi connectivity index (χ1n) is 8.31. The van der Waals surface area contributed by atoms with Gasteiger partial charge in [-0.3, -0.25) is 9.59 Å². The topological polar surface area (TPSA) is 57.6 Å². The molecule has 1 amide bonds. The third-order valence-corrected chi connectivity index (χ3v) is 6.00. The van der Waals surface area contributed by atoms with Crippen molar-refractivity contribution in [2.45, 2.75) is 38.7 Å². The first kappa shape index (κ1) is 18.3. The van der Waals surface area contributed by atoms with E-state index >= 15 is 0 Å². The summed E-state index contributed by atoms with van der Waals surface area (Å²) in [6, 6.07) is 9.04. The number of fused-ring (bicyclic) bond motifs is 1. The Morgan fingerprint density at radius 3 is 2.72 bits per heavy atom. The van der Waals surface area contributed by atoms with Crippen molar-refractivity contribution >= 4 is 44.6 Å². The van der Waals surface area contributed by atoms with E-state index in [-0.39, 0.29) is 12.2 Å². The van der Waals surface area contributed by atoms with E-state index in [0.717, 1.165) is 22.2 Å². The number of anilines is 1. The number of benzene rings is 1. The normalized spacial score (nSPS) is 19.4. The lowest BCUT2D eigenvalue weighted by molar-refractivity contribution is -0.135. The Morgan fingerprint density at radius 2 is 2.08 bits per heavy atom. The smallest absolute Gasteiger partial charge is 0.264 e. The van der Waals surface area contributed by atoms with Crippen molar-refractivity contribution in [3.63, 3.8) is 0 Å². The van der Waals surface area contributed by atoms with Gasteiger partial charge < -0.3 is 10.0 Å². The molecule has 2 aromatic rings. The molecule has 4 nitrogen and oxygen atoms in total. The van der Waals surface area contributed by atoms with Crippen LogP contribution in [0.15, 0.2) is 34.8 Å². The van der Waals surface area contributed by atoms with Crippen molar-refractivity contribution in [1.82, 2.24) is 0 Å². The Bertz CT molecular complexity index is 832. The minimum absolute atomic E-state index is 0.211. The van der Waals surface area contributed by atoms with E-state index in [4.69, 9.17) is 0 Å². The first-order valence-corrected chi connectivity index (χ1v) is 9.91. The summed E-state index contributed by atoms with van der Waals surface area (Å²) in [6.07, 6.45) is 1.55. The Morgan fingerprint density at radius 1 is 1.32 bits per heavy atom. The SMILES string of the molecule is CCCCN1C(=O)C(O)(CC(=O)c2ccc(C)s2)c2cc(Br)ccc21. The number of Topliss-reactive ketones (excluding diaryl/α,β-unsaturated/α-hetero) is 1. The highest BCUT2D eigenvalue weighted by Crippen LogP contribution is 2.44. The van der Waals surface area contributed by atoms with Crippen LogP contribution in [0, 0.1) is 6.92 Å². The molecule has 0 bridgehead atoms. The fraction of sp³-hybridized carbons (Fsp3) is 0.368. The number of hydrogen-bond acceptors (Lipinski definition) is 4. The molecule has 0 saturated carbocycles. The van der Waals surface area contributed by atoms with Crippen molar-refractivity contribution in [1.29, 1.82) is 0 Å². The average Bonchev–Trinajstić information content (AvgIpc) is 3.09. The van der Waals surface area contributed by atoms with Crippen LogP contribution in [0.5, 0.6) is 0 Å². The summed E-state index contributed by atoms with van der Waals surface area (Å²) in [4.78, 5) is 28.8. The molecule has 132 valence electrons. The minimum Gasteiger partial charge on any atom is -0.375 e. The Hall–Kier alpha value is -1.50. The standard InChI is InChI=1S/C19H20BrNO3S/c1-3-4-9-21-15-7-6-13(20)10-14(15)19(24,18(21)23)11-16(22)17-8-5-12(2)25-17/h5-8,10,24H,3-4,9,11H2,1-2H3. The van der Waals surface area contributed by atoms with Crippen molar-refractivity contribution < 1.29 is 14.7 Å². The highest BCUT2D eigenvalue weighted by atomic mass is 79.9. The second-order valence-corrected chi connectivity index (χ2v) is 8.55. The summed E-state index contributed by atoms with van der Waals surface area (Å²) < 4.78 is 0.772. The van der Waals surface area contributed by atoms with E-state index in [1.807, 2.05) is 25.1 Å². The summed E-state index contributed by atoms with van der Waals surface area (Å²) in [7, 11) is 0. The van der Waals surface area contributed by atoms with E-state index in [9.17, 15) is 14.7 Å². The molecule has 0 spiro atoms. The Balaban J connectivity index is 1.98. The molecular formula is C19H20BrNO3S. The minimum atomic E-state index is -1.80. The van der Waals surface area contributed by atoms with Gasteiger partial charge in [0.1, 0.15) is 0 Å². The number of aryl methyl sites for hydroxylation is 1. The number of halogens is 1. The van der Waals surface area contributed by atoms with Gasteiger partial charge in [0, 0.05) is 21.5 Å². The molecule has 3 rings (SSSR count). The third kappa shape index (κ3) is 3.30. The largest absolute Gasteiger partial charge is 0.375 e. The summed E-state index contributed by atoms with van der Waals surface area (Å²) in [5.74, 6) is -0.618. The predicted octanol–water partition coefficient (Wildman–Crippen LogP) is 4.43. The zero-order valence-electron chi connectivity index (χ0n) is 14.2. The maximum Gasteiger partial charge on any atom is 0.264 e. The first-order chi connectivity index (χ1) is 11.9. The van der Waals surface area contributed by atoms with Crippen LogP contribution in [-0.4, -0.2) is 23.3 Å². The molecule has 1 aliphatic heterocycles. The lowest BCUT2D eigenvalue weighted by atomic mass is 9.89. The summed E-state index contributed by atoms with van der Waals surface area (Å²) in [5, 5.41) is 11.2. The van der Waals surface area contributed by atoms with Crippen LogP contribution >= 0.6 is 27.3 Å². The van der Waals surface area contributed by atoms with Crippen LogP contribution in [0.3, 0.4) is 0 Å². The lowest BCUT2D eigenvalue weighted by Crippen LogP contribution is -2.42. The molecule has 1 N–H and O–H groups in total. The van der Waals surface area contributed by atoms with Crippen molar-refractivity contribution in [3.05, 3.63) is 50.1 Å². The molecule has 6 heteroatoms. The number of amides is 1. The maximum absolute atomic E-state index is 13.0. The molecular weight excluding hydrogens is 402 g/mol. The highest BCUT2D eigenvalue weighted by molar-refractivity contribution is 9.10. The number of thiophene rings is 1. The van der Waals surface area contributed by atoms with Gasteiger partial charge in [-0.2, -0.15) is 0 Å². The number of rotatable bonds is 6. The van der Waals surface area contributed by atoms with Gasteiger partial charge in [-0.05, 0) is 43.7 Å². The van der Waals surface area contributed by atoms with Crippen molar-refractivity contribution in [2.75, 3.05) is 11.4 Å². The van der Waals surface area contributed by atoms with E-state index in [0.29, 0.717) is 22.7 Å². The molecule has 1 aliphatic rings. The maximum atomic E-state index is 13.0. The van der Waals surface area contributed by atoms with Crippen LogP contribution in [-0.2, 0) is 10.4 Å². The number of carbonyl (C=O) groups is 2. The number of hydrogen-bond donors (Lipinski definition) is 1. The van der Waals surface area contributed by atoms with E-state index in [1.165, 1.54) is 11.3 Å². The van der Waals surface area contributed by atoms with Gasteiger partial charge >= 0.3 is 0 Å². The van der Waals surface area contributed by atoms with Crippen LogP contribution in [0.1, 0.15) is 46.3 Å². The van der Waals surface area contributed by atoms with E-state index in [2.05, 4.69) is 22.9 Å². The van der Waals surface area contributed by atoms with Crippen LogP contribution < -0.4 is 4.90 Å². The van der Waals surface area contributed by atoms with Crippen LogP contribution in [0.2, 0.25) is 0 Å². The van der Waals surface area contributed by atoms with Crippen LogP contribution in [0.4, 0.5) is 5.69 Å². The van der Waals surface area contributed by atoms with Crippen molar-refractivity contribution in [3.8, 4) is 0 Å².